The molecule has 5 nitrogen and oxygen atoms in total. The zero-order chi connectivity index (χ0) is 16.0. The Labute approximate surface area is 118 Å². The number of esters is 1. The third kappa shape index (κ3) is 5.33. The molecule has 0 bridgehead atoms. The summed E-state index contributed by atoms with van der Waals surface area (Å²) >= 11 is 0. The summed E-state index contributed by atoms with van der Waals surface area (Å²) in [6.45, 7) is 1.64. The first-order chi connectivity index (χ1) is 9.74. The van der Waals surface area contributed by atoms with Crippen LogP contribution in [0.25, 0.3) is 0 Å². The quantitative estimate of drug-likeness (QED) is 0.817. The average molecular weight is 305 g/mol. The Morgan fingerprint density at radius 2 is 1.86 bits per heavy atom. The monoisotopic (exact) mass is 305 g/mol. The van der Waals surface area contributed by atoms with E-state index in [4.69, 9.17) is 5.11 Å². The number of alkyl halides is 3. The van der Waals surface area contributed by atoms with Gasteiger partial charge in [0.05, 0.1) is 19.1 Å². The van der Waals surface area contributed by atoms with E-state index in [0.29, 0.717) is 0 Å². The maximum absolute atomic E-state index is 12.3. The van der Waals surface area contributed by atoms with Crippen molar-refractivity contribution in [2.45, 2.75) is 25.6 Å². The van der Waals surface area contributed by atoms with Gasteiger partial charge in [0.25, 0.3) is 0 Å². The van der Waals surface area contributed by atoms with Gasteiger partial charge in [0, 0.05) is 0 Å². The van der Waals surface area contributed by atoms with E-state index in [1.807, 2.05) is 0 Å². The van der Waals surface area contributed by atoms with Gasteiger partial charge in [-0.3, -0.25) is 9.59 Å². The van der Waals surface area contributed by atoms with Gasteiger partial charge in [0.1, 0.15) is 5.75 Å². The Morgan fingerprint density at radius 1 is 1.29 bits per heavy atom. The van der Waals surface area contributed by atoms with E-state index in [2.05, 4.69) is 4.74 Å². The van der Waals surface area contributed by atoms with Crippen molar-refractivity contribution in [3.05, 3.63) is 29.8 Å². The molecule has 0 saturated carbocycles. The second kappa shape index (κ2) is 6.96. The maximum Gasteiger partial charge on any atom is 0.471 e. The largest absolute Gasteiger partial charge is 0.508 e. The number of halogens is 3. The summed E-state index contributed by atoms with van der Waals surface area (Å²) in [6.07, 6.45) is -5.50. The number of phenols is 1. The first kappa shape index (κ1) is 16.8. The van der Waals surface area contributed by atoms with E-state index in [1.54, 1.807) is 12.2 Å². The number of benzene rings is 1. The van der Waals surface area contributed by atoms with Crippen molar-refractivity contribution < 1.29 is 32.6 Å². The fourth-order valence-corrected chi connectivity index (χ4v) is 1.59. The summed E-state index contributed by atoms with van der Waals surface area (Å²) in [5.74, 6) is -2.97. The molecule has 1 amide bonds. The number of ether oxygens (including phenoxy) is 1. The zero-order valence-electron chi connectivity index (χ0n) is 11.1. The van der Waals surface area contributed by atoms with Gasteiger partial charge in [-0.2, -0.15) is 13.2 Å². The summed E-state index contributed by atoms with van der Waals surface area (Å²) in [5, 5.41) is 10.9. The van der Waals surface area contributed by atoms with Crippen LogP contribution in [0.3, 0.4) is 0 Å². The molecule has 0 spiro atoms. The lowest BCUT2D eigenvalue weighted by molar-refractivity contribution is -0.174. The molecular weight excluding hydrogens is 291 g/mol. The summed E-state index contributed by atoms with van der Waals surface area (Å²) in [7, 11) is 0. The SMILES string of the molecule is CCOC(=O)CC(NC(=O)C(F)(F)F)c1ccc(O)cc1. The molecule has 1 unspecified atom stereocenters. The fraction of sp³-hybridized carbons (Fsp3) is 0.385. The number of nitrogens with one attached hydrogen (secondary N) is 1. The predicted octanol–water partition coefficient (Wildman–Crippen LogP) is 2.07. The second-order valence-corrected chi connectivity index (χ2v) is 4.12. The Balaban J connectivity index is 2.91. The number of hydrogen-bond acceptors (Lipinski definition) is 4. The molecule has 0 aliphatic carbocycles. The highest BCUT2D eigenvalue weighted by atomic mass is 19.4. The number of phenolic OH excluding ortho intramolecular Hbond substituents is 1. The highest BCUT2D eigenvalue weighted by molar-refractivity contribution is 5.83. The third-order valence-corrected chi connectivity index (χ3v) is 2.53. The zero-order valence-corrected chi connectivity index (χ0v) is 11.1. The number of carbonyl (C=O) groups excluding carboxylic acids is 2. The molecule has 0 heterocycles. The van der Waals surface area contributed by atoms with Crippen molar-refractivity contribution in [3.8, 4) is 5.75 Å². The van der Waals surface area contributed by atoms with Crippen LogP contribution in [0.5, 0.6) is 5.75 Å². The molecule has 0 aliphatic heterocycles. The highest BCUT2D eigenvalue weighted by Crippen LogP contribution is 2.23. The van der Waals surface area contributed by atoms with Crippen molar-refractivity contribution in [1.29, 1.82) is 0 Å². The van der Waals surface area contributed by atoms with Gasteiger partial charge in [-0.1, -0.05) is 12.1 Å². The average Bonchev–Trinajstić information content (AvgIpc) is 2.38. The molecule has 2 N–H and O–H groups in total. The van der Waals surface area contributed by atoms with Crippen molar-refractivity contribution >= 4 is 11.9 Å². The van der Waals surface area contributed by atoms with Gasteiger partial charge in [0.15, 0.2) is 0 Å². The van der Waals surface area contributed by atoms with Gasteiger partial charge >= 0.3 is 18.1 Å². The lowest BCUT2D eigenvalue weighted by Gasteiger charge is -2.19. The molecule has 0 aromatic heterocycles. The van der Waals surface area contributed by atoms with Gasteiger partial charge in [0.2, 0.25) is 0 Å². The van der Waals surface area contributed by atoms with Crippen molar-refractivity contribution in [3.63, 3.8) is 0 Å². The van der Waals surface area contributed by atoms with E-state index in [-0.39, 0.29) is 17.9 Å². The van der Waals surface area contributed by atoms with E-state index in [1.165, 1.54) is 24.3 Å². The lowest BCUT2D eigenvalue weighted by atomic mass is 10.0. The Bertz CT molecular complexity index is 499. The molecule has 8 heteroatoms. The highest BCUT2D eigenvalue weighted by Gasteiger charge is 2.40. The Kier molecular flexibility index (Phi) is 5.57. The Morgan fingerprint density at radius 3 is 2.33 bits per heavy atom. The van der Waals surface area contributed by atoms with E-state index < -0.39 is 30.5 Å². The molecule has 1 atom stereocenters. The lowest BCUT2D eigenvalue weighted by Crippen LogP contribution is -2.40. The first-order valence-electron chi connectivity index (χ1n) is 6.06. The smallest absolute Gasteiger partial charge is 0.471 e. The molecule has 1 aromatic carbocycles. The summed E-state index contributed by atoms with van der Waals surface area (Å²) in [5.41, 5.74) is 0.249. The Hall–Kier alpha value is -2.25. The molecule has 0 fully saturated rings. The minimum absolute atomic E-state index is 0.0777. The van der Waals surface area contributed by atoms with Crippen LogP contribution in [0.1, 0.15) is 24.9 Å². The van der Waals surface area contributed by atoms with Crippen molar-refractivity contribution in [2.75, 3.05) is 6.61 Å². The predicted molar refractivity (Wildman–Crippen MR) is 66.3 cm³/mol. The number of rotatable bonds is 5. The van der Waals surface area contributed by atoms with E-state index in [0.717, 1.165) is 0 Å². The van der Waals surface area contributed by atoms with Crippen LogP contribution in [0, 0.1) is 0 Å². The summed E-state index contributed by atoms with van der Waals surface area (Å²) < 4.78 is 41.6. The van der Waals surface area contributed by atoms with Crippen LogP contribution in [-0.2, 0) is 14.3 Å². The van der Waals surface area contributed by atoms with Gasteiger partial charge in [-0.25, -0.2) is 0 Å². The second-order valence-electron chi connectivity index (χ2n) is 4.12. The molecule has 116 valence electrons. The molecule has 21 heavy (non-hydrogen) atoms. The number of amides is 1. The van der Waals surface area contributed by atoms with Gasteiger partial charge in [-0.05, 0) is 24.6 Å². The molecule has 0 saturated heterocycles. The summed E-state index contributed by atoms with van der Waals surface area (Å²) in [6, 6.07) is 3.92. The van der Waals surface area contributed by atoms with Crippen LogP contribution >= 0.6 is 0 Å². The van der Waals surface area contributed by atoms with Crippen LogP contribution < -0.4 is 5.32 Å². The molecule has 1 rings (SSSR count). The van der Waals surface area contributed by atoms with Gasteiger partial charge < -0.3 is 15.2 Å². The summed E-state index contributed by atoms with van der Waals surface area (Å²) in [4.78, 5) is 22.4. The number of hydrogen-bond donors (Lipinski definition) is 2. The minimum Gasteiger partial charge on any atom is -0.508 e. The maximum atomic E-state index is 12.3. The van der Waals surface area contributed by atoms with Gasteiger partial charge in [-0.15, -0.1) is 0 Å². The normalized spacial score (nSPS) is 12.6. The van der Waals surface area contributed by atoms with Crippen LogP contribution in [-0.4, -0.2) is 29.8 Å². The standard InChI is InChI=1S/C13H14F3NO4/c1-2-21-11(19)7-10(17-12(20)13(14,15)16)8-3-5-9(18)6-4-8/h3-6,10,18H,2,7H2,1H3,(H,17,20). The molecular formula is C13H14F3NO4. The topological polar surface area (TPSA) is 75.6 Å². The first-order valence-corrected chi connectivity index (χ1v) is 6.06. The molecule has 1 aromatic rings. The molecule has 0 radical (unpaired) electrons. The van der Waals surface area contributed by atoms with Crippen LogP contribution in [0.15, 0.2) is 24.3 Å². The number of aromatic hydroxyl groups is 1. The minimum atomic E-state index is -5.05. The van der Waals surface area contributed by atoms with Crippen molar-refractivity contribution in [1.82, 2.24) is 5.32 Å². The van der Waals surface area contributed by atoms with Crippen LogP contribution in [0.4, 0.5) is 13.2 Å². The van der Waals surface area contributed by atoms with Crippen molar-refractivity contribution in [2.24, 2.45) is 0 Å². The van der Waals surface area contributed by atoms with E-state index >= 15 is 0 Å². The third-order valence-electron chi connectivity index (χ3n) is 2.53. The fourth-order valence-electron chi connectivity index (χ4n) is 1.59. The van der Waals surface area contributed by atoms with E-state index in [9.17, 15) is 22.8 Å². The molecule has 0 aliphatic rings. The van der Waals surface area contributed by atoms with Crippen LogP contribution in [0.2, 0.25) is 0 Å². The number of carbonyl (C=O) groups is 2.